The molecule has 1 aliphatic heterocycles. The Bertz CT molecular complexity index is 273. The van der Waals surface area contributed by atoms with Gasteiger partial charge in [-0.25, -0.2) is 0 Å². The van der Waals surface area contributed by atoms with Crippen LogP contribution < -0.4 is 5.32 Å². The molecule has 1 aromatic rings. The van der Waals surface area contributed by atoms with E-state index in [9.17, 15) is 0 Å². The monoisotopic (exact) mass is 234 g/mol. The van der Waals surface area contributed by atoms with E-state index in [0.717, 1.165) is 12.2 Å². The molecule has 1 aromatic heterocycles. The van der Waals surface area contributed by atoms with Gasteiger partial charge in [-0.1, -0.05) is 6.07 Å². The fraction of sp³-hybridized carbons (Fsp3) is 0.500. The second-order valence-corrected chi connectivity index (χ2v) is 3.35. The van der Waals surface area contributed by atoms with Gasteiger partial charge in [0.1, 0.15) is 0 Å². The van der Waals surface area contributed by atoms with Gasteiger partial charge in [0, 0.05) is 11.7 Å². The fourth-order valence-electron chi connectivity index (χ4n) is 1.70. The van der Waals surface area contributed by atoms with Crippen molar-refractivity contribution < 1.29 is 0 Å². The van der Waals surface area contributed by atoms with Gasteiger partial charge in [-0.3, -0.25) is 4.98 Å². The lowest BCUT2D eigenvalue weighted by Gasteiger charge is -2.09. The number of hydrogen-bond acceptors (Lipinski definition) is 2. The van der Waals surface area contributed by atoms with Gasteiger partial charge < -0.3 is 5.32 Å². The molecule has 2 heterocycles. The molecule has 2 rings (SSSR count). The second kappa shape index (κ2) is 6.23. The number of nitrogens with one attached hydrogen (secondary N) is 1. The number of hydrogen-bond donors (Lipinski definition) is 1. The van der Waals surface area contributed by atoms with Crippen molar-refractivity contribution in [3.63, 3.8) is 0 Å². The first-order valence-corrected chi connectivity index (χ1v) is 4.53. The Balaban J connectivity index is 0.000000845. The second-order valence-electron chi connectivity index (χ2n) is 3.35. The summed E-state index contributed by atoms with van der Waals surface area (Å²) in [5.41, 5.74) is 2.31. The van der Waals surface area contributed by atoms with Crippen molar-refractivity contribution in [1.82, 2.24) is 10.3 Å². The van der Waals surface area contributed by atoms with Crippen LogP contribution in [0.5, 0.6) is 0 Å². The van der Waals surface area contributed by atoms with E-state index in [1.807, 2.05) is 13.0 Å². The molecule has 80 valence electrons. The first-order valence-electron chi connectivity index (χ1n) is 4.53. The van der Waals surface area contributed by atoms with Crippen molar-refractivity contribution in [3.05, 3.63) is 29.6 Å². The van der Waals surface area contributed by atoms with Crippen LogP contribution in [0, 0.1) is 6.92 Å². The molecule has 0 radical (unpaired) electrons. The van der Waals surface area contributed by atoms with Gasteiger partial charge >= 0.3 is 0 Å². The Morgan fingerprint density at radius 3 is 2.71 bits per heavy atom. The Morgan fingerprint density at radius 2 is 2.14 bits per heavy atom. The molecule has 0 unspecified atom stereocenters. The number of aryl methyl sites for hydroxylation is 1. The van der Waals surface area contributed by atoms with Crippen molar-refractivity contribution in [3.8, 4) is 0 Å². The molecule has 1 N–H and O–H groups in total. The molecular weight excluding hydrogens is 219 g/mol. The highest BCUT2D eigenvalue weighted by molar-refractivity contribution is 5.85. The Morgan fingerprint density at radius 1 is 1.36 bits per heavy atom. The molecule has 2 nitrogen and oxygen atoms in total. The van der Waals surface area contributed by atoms with E-state index >= 15 is 0 Å². The minimum absolute atomic E-state index is 0. The number of pyridine rings is 1. The molecular formula is C10H16Cl2N2. The molecule has 0 aliphatic carbocycles. The number of rotatable bonds is 1. The minimum atomic E-state index is 0. The summed E-state index contributed by atoms with van der Waals surface area (Å²) in [5.74, 6) is 0. The molecule has 1 saturated heterocycles. The van der Waals surface area contributed by atoms with Crippen molar-refractivity contribution in [2.24, 2.45) is 0 Å². The molecule has 14 heavy (non-hydrogen) atoms. The molecule has 4 heteroatoms. The van der Waals surface area contributed by atoms with E-state index in [2.05, 4.69) is 22.4 Å². The van der Waals surface area contributed by atoms with Crippen LogP contribution in [0.3, 0.4) is 0 Å². The highest BCUT2D eigenvalue weighted by atomic mass is 35.5. The van der Waals surface area contributed by atoms with Crippen LogP contribution in [0.2, 0.25) is 0 Å². The van der Waals surface area contributed by atoms with E-state index in [1.54, 1.807) is 0 Å². The Labute approximate surface area is 97.3 Å². The van der Waals surface area contributed by atoms with Gasteiger partial charge in [-0.15, -0.1) is 24.8 Å². The maximum atomic E-state index is 4.49. The van der Waals surface area contributed by atoms with E-state index in [1.165, 1.54) is 18.5 Å². The SMILES string of the molecule is Cc1cccc([C@H]2CCCN2)n1.Cl.Cl. The Kier molecular flexibility index (Phi) is 6.09. The van der Waals surface area contributed by atoms with Crippen molar-refractivity contribution in [2.45, 2.75) is 25.8 Å². The van der Waals surface area contributed by atoms with E-state index in [-0.39, 0.29) is 24.8 Å². The third-order valence-corrected chi connectivity index (χ3v) is 2.33. The van der Waals surface area contributed by atoms with Gasteiger partial charge in [-0.2, -0.15) is 0 Å². The van der Waals surface area contributed by atoms with Crippen molar-refractivity contribution >= 4 is 24.8 Å². The molecule has 1 fully saturated rings. The molecule has 1 aliphatic rings. The van der Waals surface area contributed by atoms with Crippen molar-refractivity contribution in [1.29, 1.82) is 0 Å². The van der Waals surface area contributed by atoms with E-state index < -0.39 is 0 Å². The zero-order valence-electron chi connectivity index (χ0n) is 8.19. The fourth-order valence-corrected chi connectivity index (χ4v) is 1.70. The quantitative estimate of drug-likeness (QED) is 0.809. The first-order chi connectivity index (χ1) is 5.86. The van der Waals surface area contributed by atoms with Crippen LogP contribution >= 0.6 is 24.8 Å². The molecule has 0 amide bonds. The lowest BCUT2D eigenvalue weighted by atomic mass is 10.1. The van der Waals surface area contributed by atoms with Gasteiger partial charge in [-0.05, 0) is 38.4 Å². The normalized spacial score (nSPS) is 19.6. The molecule has 1 atom stereocenters. The van der Waals surface area contributed by atoms with Gasteiger partial charge in [0.05, 0.1) is 5.69 Å². The largest absolute Gasteiger partial charge is 0.309 e. The van der Waals surface area contributed by atoms with Gasteiger partial charge in [0.15, 0.2) is 0 Å². The molecule has 0 aromatic carbocycles. The molecule has 0 bridgehead atoms. The third-order valence-electron chi connectivity index (χ3n) is 2.33. The smallest absolute Gasteiger partial charge is 0.0576 e. The third kappa shape index (κ3) is 3.12. The summed E-state index contributed by atoms with van der Waals surface area (Å²) in [6, 6.07) is 6.73. The average molecular weight is 235 g/mol. The van der Waals surface area contributed by atoms with Crippen LogP contribution in [0.25, 0.3) is 0 Å². The topological polar surface area (TPSA) is 24.9 Å². The lowest BCUT2D eigenvalue weighted by Crippen LogP contribution is -2.14. The predicted molar refractivity (Wildman–Crippen MR) is 63.4 cm³/mol. The lowest BCUT2D eigenvalue weighted by molar-refractivity contribution is 0.626. The average Bonchev–Trinajstić information content (AvgIpc) is 2.56. The summed E-state index contributed by atoms with van der Waals surface area (Å²) in [6.07, 6.45) is 2.51. The van der Waals surface area contributed by atoms with E-state index in [4.69, 9.17) is 0 Å². The number of halogens is 2. The minimum Gasteiger partial charge on any atom is -0.309 e. The summed E-state index contributed by atoms with van der Waals surface area (Å²) in [6.45, 7) is 3.18. The summed E-state index contributed by atoms with van der Waals surface area (Å²) in [5, 5.41) is 3.44. The molecule has 0 saturated carbocycles. The zero-order chi connectivity index (χ0) is 8.39. The van der Waals surface area contributed by atoms with Gasteiger partial charge in [0.2, 0.25) is 0 Å². The van der Waals surface area contributed by atoms with Crippen LogP contribution in [-0.2, 0) is 0 Å². The predicted octanol–water partition coefficient (Wildman–Crippen LogP) is 2.66. The maximum absolute atomic E-state index is 4.49. The number of nitrogens with zero attached hydrogens (tertiary/aromatic N) is 1. The van der Waals surface area contributed by atoms with Crippen LogP contribution in [0.1, 0.15) is 30.3 Å². The summed E-state index contributed by atoms with van der Waals surface area (Å²) < 4.78 is 0. The number of aromatic nitrogens is 1. The first kappa shape index (κ1) is 13.7. The van der Waals surface area contributed by atoms with E-state index in [0.29, 0.717) is 6.04 Å². The zero-order valence-corrected chi connectivity index (χ0v) is 9.83. The Hall–Kier alpha value is -0.310. The summed E-state index contributed by atoms with van der Waals surface area (Å²) in [7, 11) is 0. The summed E-state index contributed by atoms with van der Waals surface area (Å²) >= 11 is 0. The maximum Gasteiger partial charge on any atom is 0.0576 e. The van der Waals surface area contributed by atoms with Crippen LogP contribution in [0.15, 0.2) is 18.2 Å². The highest BCUT2D eigenvalue weighted by Gasteiger charge is 2.16. The molecule has 0 spiro atoms. The summed E-state index contributed by atoms with van der Waals surface area (Å²) in [4.78, 5) is 4.49. The van der Waals surface area contributed by atoms with Crippen LogP contribution in [0.4, 0.5) is 0 Å². The van der Waals surface area contributed by atoms with Crippen molar-refractivity contribution in [2.75, 3.05) is 6.54 Å². The van der Waals surface area contributed by atoms with Crippen LogP contribution in [-0.4, -0.2) is 11.5 Å². The van der Waals surface area contributed by atoms with Gasteiger partial charge in [0.25, 0.3) is 0 Å². The highest BCUT2D eigenvalue weighted by Crippen LogP contribution is 2.20. The standard InChI is InChI=1S/C10H14N2.2ClH/c1-8-4-2-5-10(12-8)9-6-3-7-11-9;;/h2,4-5,9,11H,3,6-7H2,1H3;2*1H/t9-;;/m1../s1.